The lowest BCUT2D eigenvalue weighted by molar-refractivity contribution is 0.0516. The molecule has 8 heteroatoms. The summed E-state index contributed by atoms with van der Waals surface area (Å²) in [7, 11) is -1.53. The number of esters is 1. The molecule has 0 aliphatic carbocycles. The van der Waals surface area contributed by atoms with Crippen molar-refractivity contribution >= 4 is 16.0 Å². The minimum Gasteiger partial charge on any atom is -0.461 e. The third-order valence-electron chi connectivity index (χ3n) is 5.01. The Morgan fingerprint density at radius 3 is 2.37 bits per heavy atom. The molecule has 1 N–H and O–H groups in total. The number of carbonyl (C=O) groups excluding carboxylic acids is 1. The van der Waals surface area contributed by atoms with E-state index >= 15 is 0 Å². The summed E-state index contributed by atoms with van der Waals surface area (Å²) >= 11 is 0. The number of sulfonamides is 1. The van der Waals surface area contributed by atoms with Gasteiger partial charge in [-0.1, -0.05) is 31.2 Å². The van der Waals surface area contributed by atoms with E-state index in [9.17, 15) is 18.5 Å². The summed E-state index contributed by atoms with van der Waals surface area (Å²) in [6.45, 7) is 7.51. The van der Waals surface area contributed by atoms with Crippen LogP contribution in [0.2, 0.25) is 0 Å². The second-order valence-corrected chi connectivity index (χ2v) is 9.55. The second kappa shape index (κ2) is 9.92. The van der Waals surface area contributed by atoms with Gasteiger partial charge in [0.15, 0.2) is 0 Å². The maximum absolute atomic E-state index is 12.6. The molecule has 7 nitrogen and oxygen atoms in total. The zero-order valence-corrected chi connectivity index (χ0v) is 19.0. The Labute approximate surface area is 178 Å². The highest BCUT2D eigenvalue weighted by Crippen LogP contribution is 2.33. The van der Waals surface area contributed by atoms with Gasteiger partial charge in [-0.05, 0) is 44.7 Å². The average molecular weight is 432 g/mol. The molecule has 30 heavy (non-hydrogen) atoms. The molecule has 1 aromatic heterocycles. The van der Waals surface area contributed by atoms with Gasteiger partial charge in [0.05, 0.1) is 17.4 Å². The van der Waals surface area contributed by atoms with Crippen molar-refractivity contribution in [3.63, 3.8) is 0 Å². The van der Waals surface area contributed by atoms with Crippen molar-refractivity contribution in [2.75, 3.05) is 13.2 Å². The van der Waals surface area contributed by atoms with Crippen LogP contribution in [0.5, 0.6) is 0 Å². The van der Waals surface area contributed by atoms with E-state index in [4.69, 9.17) is 4.74 Å². The minimum absolute atomic E-state index is 0.248. The van der Waals surface area contributed by atoms with Crippen molar-refractivity contribution in [3.8, 4) is 17.2 Å². The summed E-state index contributed by atoms with van der Waals surface area (Å²) in [5.74, 6) is -0.460. The van der Waals surface area contributed by atoms with Gasteiger partial charge in [0, 0.05) is 24.8 Å². The highest BCUT2D eigenvalue weighted by atomic mass is 32.2. The number of nitrogens with one attached hydrogen (secondary N) is 1. The van der Waals surface area contributed by atoms with Crippen molar-refractivity contribution in [2.24, 2.45) is 7.05 Å². The van der Waals surface area contributed by atoms with Crippen LogP contribution in [0.4, 0.5) is 0 Å². The van der Waals surface area contributed by atoms with Gasteiger partial charge >= 0.3 is 5.97 Å². The number of hydrogen-bond acceptors (Lipinski definition) is 5. The van der Waals surface area contributed by atoms with Gasteiger partial charge in [0.2, 0.25) is 10.0 Å². The highest BCUT2D eigenvalue weighted by Gasteiger charge is 2.26. The molecular formula is C22H29N3O4S. The largest absolute Gasteiger partial charge is 0.461 e. The van der Waals surface area contributed by atoms with Crippen LogP contribution in [0.15, 0.2) is 24.3 Å². The van der Waals surface area contributed by atoms with E-state index < -0.39 is 21.2 Å². The summed E-state index contributed by atoms with van der Waals surface area (Å²) in [5, 5.41) is 9.28. The molecule has 0 fully saturated rings. The first-order valence-corrected chi connectivity index (χ1v) is 11.6. The van der Waals surface area contributed by atoms with Crippen LogP contribution in [0.3, 0.4) is 0 Å². The first-order chi connectivity index (χ1) is 14.2. The van der Waals surface area contributed by atoms with Gasteiger partial charge < -0.3 is 9.30 Å². The number of carbonyl (C=O) groups is 1. The fraction of sp³-hybridized carbons (Fsp3) is 0.455. The standard InChI is InChI=1S/C22H29N3O4S/c1-6-19-18(14-23)20(21(25(19)5)22(26)29-7-2)17-10-8-16(9-11-17)12-13-24-30(27,28)15(3)4/h8-11,15,24H,6-7,12-13H2,1-5H3. The van der Waals surface area contributed by atoms with Gasteiger partial charge in [-0.2, -0.15) is 5.26 Å². The highest BCUT2D eigenvalue weighted by molar-refractivity contribution is 7.90. The van der Waals surface area contributed by atoms with Crippen LogP contribution < -0.4 is 4.72 Å². The third kappa shape index (κ3) is 4.91. The number of nitriles is 1. The number of benzene rings is 1. The van der Waals surface area contributed by atoms with E-state index in [1.165, 1.54) is 0 Å². The van der Waals surface area contributed by atoms with E-state index in [1.807, 2.05) is 31.2 Å². The molecule has 0 spiro atoms. The Morgan fingerprint density at radius 2 is 1.87 bits per heavy atom. The maximum atomic E-state index is 12.6. The summed E-state index contributed by atoms with van der Waals surface area (Å²) in [6, 6.07) is 9.71. The van der Waals surface area contributed by atoms with E-state index in [1.54, 1.807) is 32.4 Å². The molecule has 0 amide bonds. The van der Waals surface area contributed by atoms with E-state index in [2.05, 4.69) is 10.8 Å². The number of aromatic nitrogens is 1. The smallest absolute Gasteiger partial charge is 0.355 e. The molecule has 0 aliphatic rings. The van der Waals surface area contributed by atoms with E-state index in [0.717, 1.165) is 16.8 Å². The molecular weight excluding hydrogens is 402 g/mol. The fourth-order valence-corrected chi connectivity index (χ4v) is 4.05. The summed E-state index contributed by atoms with van der Waals surface area (Å²) in [4.78, 5) is 12.6. The van der Waals surface area contributed by atoms with Gasteiger partial charge in [-0.25, -0.2) is 17.9 Å². The minimum atomic E-state index is -3.29. The number of ether oxygens (including phenoxy) is 1. The zero-order valence-electron chi connectivity index (χ0n) is 18.2. The lowest BCUT2D eigenvalue weighted by Crippen LogP contribution is -2.32. The van der Waals surface area contributed by atoms with Crippen LogP contribution >= 0.6 is 0 Å². The Bertz CT molecular complexity index is 1050. The van der Waals surface area contributed by atoms with E-state index in [0.29, 0.717) is 36.2 Å². The molecule has 162 valence electrons. The summed E-state index contributed by atoms with van der Waals surface area (Å²) in [6.07, 6.45) is 1.15. The van der Waals surface area contributed by atoms with E-state index in [-0.39, 0.29) is 6.61 Å². The van der Waals surface area contributed by atoms with Crippen LogP contribution in [0, 0.1) is 11.3 Å². The zero-order chi connectivity index (χ0) is 22.5. The molecule has 0 bridgehead atoms. The lowest BCUT2D eigenvalue weighted by Gasteiger charge is -2.10. The molecule has 0 saturated carbocycles. The molecule has 0 radical (unpaired) electrons. The fourth-order valence-electron chi connectivity index (χ4n) is 3.33. The van der Waals surface area contributed by atoms with Gasteiger partial charge in [-0.15, -0.1) is 0 Å². The maximum Gasteiger partial charge on any atom is 0.355 e. The van der Waals surface area contributed by atoms with Crippen LogP contribution in [-0.4, -0.2) is 37.4 Å². The second-order valence-electron chi connectivity index (χ2n) is 7.23. The average Bonchev–Trinajstić information content (AvgIpc) is 2.99. The normalized spacial score (nSPS) is 11.5. The predicted octanol–water partition coefficient (Wildman–Crippen LogP) is 3.17. The Balaban J connectivity index is 2.36. The molecule has 2 rings (SSSR count). The van der Waals surface area contributed by atoms with Crippen molar-refractivity contribution in [1.82, 2.24) is 9.29 Å². The van der Waals surface area contributed by atoms with Crippen LogP contribution in [0.1, 0.15) is 55.0 Å². The molecule has 0 atom stereocenters. The molecule has 1 aromatic carbocycles. The molecule has 0 unspecified atom stereocenters. The first-order valence-electron chi connectivity index (χ1n) is 10.0. The summed E-state index contributed by atoms with van der Waals surface area (Å²) in [5.41, 5.74) is 3.89. The quantitative estimate of drug-likeness (QED) is 0.615. The van der Waals surface area contributed by atoms with Crippen molar-refractivity contribution in [2.45, 2.75) is 45.8 Å². The molecule has 2 aromatic rings. The first kappa shape index (κ1) is 23.6. The Hall–Kier alpha value is -2.63. The Morgan fingerprint density at radius 1 is 1.23 bits per heavy atom. The lowest BCUT2D eigenvalue weighted by atomic mass is 9.98. The van der Waals surface area contributed by atoms with Gasteiger partial charge in [-0.3, -0.25) is 0 Å². The van der Waals surface area contributed by atoms with Gasteiger partial charge in [0.1, 0.15) is 11.8 Å². The predicted molar refractivity (Wildman–Crippen MR) is 117 cm³/mol. The molecule has 0 saturated heterocycles. The van der Waals surface area contributed by atoms with Crippen LogP contribution in [-0.2, 0) is 34.6 Å². The molecule has 0 aliphatic heterocycles. The van der Waals surface area contributed by atoms with Crippen molar-refractivity contribution < 1.29 is 17.9 Å². The van der Waals surface area contributed by atoms with Crippen LogP contribution in [0.25, 0.3) is 11.1 Å². The monoisotopic (exact) mass is 431 g/mol. The van der Waals surface area contributed by atoms with Crippen molar-refractivity contribution in [3.05, 3.63) is 46.8 Å². The SMILES string of the molecule is CCOC(=O)c1c(-c2ccc(CCNS(=O)(=O)C(C)C)cc2)c(C#N)c(CC)n1C. The number of rotatable bonds is 9. The topological polar surface area (TPSA) is 101 Å². The molecule has 1 heterocycles. The Kier molecular flexibility index (Phi) is 7.82. The third-order valence-corrected chi connectivity index (χ3v) is 6.86. The summed E-state index contributed by atoms with van der Waals surface area (Å²) < 4.78 is 33.3. The van der Waals surface area contributed by atoms with Gasteiger partial charge in [0.25, 0.3) is 0 Å². The number of hydrogen-bond donors (Lipinski definition) is 1. The van der Waals surface area contributed by atoms with Crippen molar-refractivity contribution in [1.29, 1.82) is 5.26 Å². The number of nitrogens with zero attached hydrogens (tertiary/aromatic N) is 2.